The Hall–Kier alpha value is -2.95. The van der Waals surface area contributed by atoms with Crippen LogP contribution in [0.1, 0.15) is 24.2 Å². The van der Waals surface area contributed by atoms with E-state index in [2.05, 4.69) is 10.3 Å². The number of hydrogen-bond acceptors (Lipinski definition) is 3. The molecule has 2 aromatic carbocycles. The third kappa shape index (κ3) is 4.12. The molecule has 0 aliphatic carbocycles. The van der Waals surface area contributed by atoms with E-state index in [1.165, 1.54) is 12.1 Å². The Morgan fingerprint density at radius 1 is 1.16 bits per heavy atom. The summed E-state index contributed by atoms with van der Waals surface area (Å²) in [4.78, 5) is 16.6. The third-order valence-electron chi connectivity index (χ3n) is 3.93. The summed E-state index contributed by atoms with van der Waals surface area (Å²) in [6, 6.07) is 15.3. The molecule has 3 aromatic rings. The summed E-state index contributed by atoms with van der Waals surface area (Å²) in [5.41, 5.74) is 2.46. The first-order chi connectivity index (χ1) is 12.0. The van der Waals surface area contributed by atoms with Crippen LogP contribution in [0.15, 0.2) is 54.6 Å². The lowest BCUT2D eigenvalue weighted by Gasteiger charge is -2.15. The van der Waals surface area contributed by atoms with E-state index in [4.69, 9.17) is 4.74 Å². The molecule has 0 saturated heterocycles. The number of nitrogens with one attached hydrogen (secondary N) is 1. The molecule has 0 spiro atoms. The maximum Gasteiger partial charge on any atom is 0.258 e. The van der Waals surface area contributed by atoms with Crippen molar-refractivity contribution in [1.29, 1.82) is 0 Å². The number of aryl methyl sites for hydroxylation is 1. The lowest BCUT2D eigenvalue weighted by molar-refractivity contribution is -0.123. The maximum absolute atomic E-state index is 13.0. The van der Waals surface area contributed by atoms with Crippen molar-refractivity contribution in [3.63, 3.8) is 0 Å². The molecule has 0 fully saturated rings. The highest BCUT2D eigenvalue weighted by Crippen LogP contribution is 2.23. The molecule has 4 nitrogen and oxygen atoms in total. The quantitative estimate of drug-likeness (QED) is 0.767. The van der Waals surface area contributed by atoms with E-state index in [1.54, 1.807) is 18.2 Å². The van der Waals surface area contributed by atoms with Gasteiger partial charge in [-0.1, -0.05) is 30.3 Å². The minimum absolute atomic E-state index is 0.111. The van der Waals surface area contributed by atoms with E-state index in [0.29, 0.717) is 5.75 Å². The Morgan fingerprint density at radius 2 is 1.92 bits per heavy atom. The Labute approximate surface area is 145 Å². The van der Waals surface area contributed by atoms with Crippen molar-refractivity contribution < 1.29 is 13.9 Å². The summed E-state index contributed by atoms with van der Waals surface area (Å²) < 4.78 is 18.6. The number of carbonyl (C=O) groups excluding carboxylic acids is 1. The van der Waals surface area contributed by atoms with Gasteiger partial charge in [-0.3, -0.25) is 4.79 Å². The van der Waals surface area contributed by atoms with Gasteiger partial charge in [-0.2, -0.15) is 0 Å². The number of halogens is 1. The van der Waals surface area contributed by atoms with Crippen LogP contribution in [0.25, 0.3) is 10.9 Å². The number of nitrogens with zero attached hydrogens (tertiary/aromatic N) is 1. The monoisotopic (exact) mass is 338 g/mol. The second kappa shape index (κ2) is 7.30. The number of para-hydroxylation sites is 1. The normalized spacial score (nSPS) is 12.0. The Morgan fingerprint density at radius 3 is 2.68 bits per heavy atom. The van der Waals surface area contributed by atoms with Crippen LogP contribution in [-0.4, -0.2) is 17.5 Å². The van der Waals surface area contributed by atoms with Crippen molar-refractivity contribution in [3.8, 4) is 5.75 Å². The molecule has 0 saturated carbocycles. The first-order valence-electron chi connectivity index (χ1n) is 8.07. The number of amides is 1. The Kier molecular flexibility index (Phi) is 4.93. The summed E-state index contributed by atoms with van der Waals surface area (Å²) in [5, 5.41) is 3.80. The number of hydrogen-bond donors (Lipinski definition) is 1. The smallest absolute Gasteiger partial charge is 0.258 e. The minimum Gasteiger partial charge on any atom is -0.481 e. The van der Waals surface area contributed by atoms with Crippen LogP contribution < -0.4 is 10.1 Å². The van der Waals surface area contributed by atoms with E-state index in [0.717, 1.165) is 22.2 Å². The van der Waals surface area contributed by atoms with E-state index < -0.39 is 0 Å². The third-order valence-corrected chi connectivity index (χ3v) is 3.93. The molecular weight excluding hydrogens is 319 g/mol. The highest BCUT2D eigenvalue weighted by atomic mass is 19.1. The van der Waals surface area contributed by atoms with Gasteiger partial charge in [0.1, 0.15) is 17.1 Å². The van der Waals surface area contributed by atoms with Crippen molar-refractivity contribution in [2.45, 2.75) is 19.9 Å². The molecule has 25 heavy (non-hydrogen) atoms. The van der Waals surface area contributed by atoms with Crippen LogP contribution in [0.4, 0.5) is 4.39 Å². The fourth-order valence-electron chi connectivity index (χ4n) is 2.60. The maximum atomic E-state index is 13.0. The fraction of sp³-hybridized carbons (Fsp3) is 0.200. The molecule has 0 aliphatic rings. The second-order valence-corrected chi connectivity index (χ2v) is 5.91. The molecule has 1 atom stereocenters. The number of ether oxygens (including phenoxy) is 1. The van der Waals surface area contributed by atoms with Gasteiger partial charge < -0.3 is 10.1 Å². The molecule has 1 N–H and O–H groups in total. The first kappa shape index (κ1) is 16.9. The zero-order valence-electron chi connectivity index (χ0n) is 14.1. The standard InChI is InChI=1S/C20H19FN2O2/c1-13-6-7-16-4-3-5-18(20(16)22-13)25-12-19(24)23-14(2)15-8-10-17(21)11-9-15/h3-11,14H,12H2,1-2H3,(H,23,24)/t14-/m1/s1. The van der Waals surface area contributed by atoms with Gasteiger partial charge >= 0.3 is 0 Å². The van der Waals surface area contributed by atoms with Gasteiger partial charge in [0.2, 0.25) is 0 Å². The topological polar surface area (TPSA) is 51.2 Å². The highest BCUT2D eigenvalue weighted by molar-refractivity contribution is 5.85. The average Bonchev–Trinajstić information content (AvgIpc) is 2.60. The summed E-state index contributed by atoms with van der Waals surface area (Å²) in [6.07, 6.45) is 0. The van der Waals surface area contributed by atoms with Crippen LogP contribution in [0.3, 0.4) is 0 Å². The molecular formula is C20H19FN2O2. The second-order valence-electron chi connectivity index (χ2n) is 5.91. The number of pyridine rings is 1. The molecule has 128 valence electrons. The number of benzene rings is 2. The van der Waals surface area contributed by atoms with Crippen molar-refractivity contribution in [3.05, 3.63) is 71.7 Å². The molecule has 0 bridgehead atoms. The van der Waals surface area contributed by atoms with Crippen molar-refractivity contribution >= 4 is 16.8 Å². The lowest BCUT2D eigenvalue weighted by atomic mass is 10.1. The average molecular weight is 338 g/mol. The Balaban J connectivity index is 1.64. The van der Waals surface area contributed by atoms with E-state index in [-0.39, 0.29) is 24.4 Å². The molecule has 5 heteroatoms. The molecule has 1 amide bonds. The summed E-state index contributed by atoms with van der Waals surface area (Å²) in [5.74, 6) is 0.0247. The van der Waals surface area contributed by atoms with Gasteiger partial charge in [0.15, 0.2) is 6.61 Å². The van der Waals surface area contributed by atoms with Crippen LogP contribution in [0.5, 0.6) is 5.75 Å². The molecule has 3 rings (SSSR count). The number of carbonyl (C=O) groups is 1. The molecule has 0 unspecified atom stereocenters. The van der Waals surface area contributed by atoms with Gasteiger partial charge in [0.05, 0.1) is 6.04 Å². The van der Waals surface area contributed by atoms with Crippen molar-refractivity contribution in [2.75, 3.05) is 6.61 Å². The Bertz CT molecular complexity index is 894. The molecule has 1 aromatic heterocycles. The summed E-state index contributed by atoms with van der Waals surface area (Å²) >= 11 is 0. The number of fused-ring (bicyclic) bond motifs is 1. The zero-order valence-corrected chi connectivity index (χ0v) is 14.1. The lowest BCUT2D eigenvalue weighted by Crippen LogP contribution is -2.31. The van der Waals surface area contributed by atoms with Gasteiger partial charge in [0.25, 0.3) is 5.91 Å². The van der Waals surface area contributed by atoms with Gasteiger partial charge in [-0.25, -0.2) is 9.37 Å². The molecule has 1 heterocycles. The molecule has 0 radical (unpaired) electrons. The summed E-state index contributed by atoms with van der Waals surface area (Å²) in [7, 11) is 0. The first-order valence-corrected chi connectivity index (χ1v) is 8.07. The van der Waals surface area contributed by atoms with Gasteiger partial charge in [0, 0.05) is 11.1 Å². The van der Waals surface area contributed by atoms with E-state index >= 15 is 0 Å². The number of rotatable bonds is 5. The number of aromatic nitrogens is 1. The summed E-state index contributed by atoms with van der Waals surface area (Å²) in [6.45, 7) is 3.64. The molecule has 0 aliphatic heterocycles. The van der Waals surface area contributed by atoms with Gasteiger partial charge in [-0.05, 0) is 43.7 Å². The predicted molar refractivity (Wildman–Crippen MR) is 94.9 cm³/mol. The van der Waals surface area contributed by atoms with Crippen molar-refractivity contribution in [1.82, 2.24) is 10.3 Å². The van der Waals surface area contributed by atoms with Crippen LogP contribution in [0.2, 0.25) is 0 Å². The van der Waals surface area contributed by atoms with E-state index in [9.17, 15) is 9.18 Å². The fourth-order valence-corrected chi connectivity index (χ4v) is 2.60. The van der Waals surface area contributed by atoms with Gasteiger partial charge in [-0.15, -0.1) is 0 Å². The predicted octanol–water partition coefficient (Wildman–Crippen LogP) is 3.94. The van der Waals surface area contributed by atoms with Crippen LogP contribution >= 0.6 is 0 Å². The SMILES string of the molecule is Cc1ccc2cccc(OCC(=O)N[C@H](C)c3ccc(F)cc3)c2n1. The van der Waals surface area contributed by atoms with Crippen molar-refractivity contribution in [2.24, 2.45) is 0 Å². The zero-order chi connectivity index (χ0) is 17.8. The van der Waals surface area contributed by atoms with Crippen LogP contribution in [-0.2, 0) is 4.79 Å². The van der Waals surface area contributed by atoms with E-state index in [1.807, 2.05) is 38.1 Å². The highest BCUT2D eigenvalue weighted by Gasteiger charge is 2.11. The minimum atomic E-state index is -0.302. The largest absolute Gasteiger partial charge is 0.481 e. The van der Waals surface area contributed by atoms with Crippen LogP contribution in [0, 0.1) is 12.7 Å².